The second kappa shape index (κ2) is 10.5. The fourth-order valence-electron chi connectivity index (χ4n) is 2.41. The number of hydrogen-bond donors (Lipinski definition) is 1. The maximum Gasteiger partial charge on any atom is 0.337 e. The van der Waals surface area contributed by atoms with Gasteiger partial charge in [-0.1, -0.05) is 12.1 Å². The fraction of sp³-hybridized carbons (Fsp3) is 0.190. The van der Waals surface area contributed by atoms with E-state index in [0.29, 0.717) is 11.1 Å². The van der Waals surface area contributed by atoms with Crippen molar-refractivity contribution in [3.8, 4) is 5.75 Å². The van der Waals surface area contributed by atoms with E-state index in [-0.39, 0.29) is 17.1 Å². The van der Waals surface area contributed by atoms with Gasteiger partial charge in [0.1, 0.15) is 11.4 Å². The van der Waals surface area contributed by atoms with Crippen molar-refractivity contribution in [2.75, 3.05) is 19.5 Å². The van der Waals surface area contributed by atoms with Crippen LogP contribution in [-0.4, -0.2) is 43.1 Å². The molecule has 0 saturated heterocycles. The van der Waals surface area contributed by atoms with Gasteiger partial charge in [0.2, 0.25) is 0 Å². The Labute approximate surface area is 177 Å². The van der Waals surface area contributed by atoms with E-state index in [2.05, 4.69) is 10.1 Å². The fourth-order valence-corrected chi connectivity index (χ4v) is 2.41. The van der Waals surface area contributed by atoms with E-state index in [1.54, 1.807) is 12.1 Å². The number of ether oxygens (including phenoxy) is 3. The Balaban J connectivity index is 1.98. The van der Waals surface area contributed by atoms with Gasteiger partial charge in [0.05, 0.1) is 30.8 Å². The molecule has 0 spiro atoms. The molecule has 10 heteroatoms. The minimum absolute atomic E-state index is 0.0556. The van der Waals surface area contributed by atoms with Gasteiger partial charge in [0.25, 0.3) is 11.6 Å². The first-order valence-corrected chi connectivity index (χ1v) is 8.95. The second-order valence-corrected chi connectivity index (χ2v) is 6.16. The van der Waals surface area contributed by atoms with Crippen molar-refractivity contribution in [2.45, 2.75) is 13.0 Å². The van der Waals surface area contributed by atoms with Gasteiger partial charge in [-0.3, -0.25) is 14.9 Å². The van der Waals surface area contributed by atoms with Crippen LogP contribution in [0.2, 0.25) is 0 Å². The summed E-state index contributed by atoms with van der Waals surface area (Å²) in [6.45, 7) is 1.33. The molecule has 0 radical (unpaired) electrons. The molecule has 2 rings (SSSR count). The highest BCUT2D eigenvalue weighted by Gasteiger charge is 2.22. The summed E-state index contributed by atoms with van der Waals surface area (Å²) in [5.41, 5.74) is 0.567. The molecule has 0 fully saturated rings. The maximum absolute atomic E-state index is 12.3. The van der Waals surface area contributed by atoms with Crippen LogP contribution in [0.25, 0.3) is 6.08 Å². The van der Waals surface area contributed by atoms with E-state index in [4.69, 9.17) is 9.47 Å². The molecule has 0 bridgehead atoms. The number of nitro benzene ring substituents is 1. The smallest absolute Gasteiger partial charge is 0.337 e. The van der Waals surface area contributed by atoms with Crippen molar-refractivity contribution in [2.24, 2.45) is 0 Å². The molecule has 0 aromatic heterocycles. The van der Waals surface area contributed by atoms with E-state index in [1.165, 1.54) is 57.6 Å². The van der Waals surface area contributed by atoms with Crippen molar-refractivity contribution in [1.82, 2.24) is 0 Å². The van der Waals surface area contributed by atoms with Crippen LogP contribution in [0.5, 0.6) is 5.75 Å². The number of carbonyl (C=O) groups excluding carboxylic acids is 3. The largest absolute Gasteiger partial charge is 0.496 e. The van der Waals surface area contributed by atoms with Crippen molar-refractivity contribution in [1.29, 1.82) is 0 Å². The molecule has 0 saturated carbocycles. The molecule has 10 nitrogen and oxygen atoms in total. The summed E-state index contributed by atoms with van der Waals surface area (Å²) in [6, 6.07) is 10.2. The minimum Gasteiger partial charge on any atom is -0.496 e. The summed E-state index contributed by atoms with van der Waals surface area (Å²) >= 11 is 0. The van der Waals surface area contributed by atoms with E-state index >= 15 is 0 Å². The number of hydrogen-bond acceptors (Lipinski definition) is 8. The van der Waals surface area contributed by atoms with Gasteiger partial charge < -0.3 is 19.5 Å². The normalized spacial score (nSPS) is 11.5. The van der Waals surface area contributed by atoms with Gasteiger partial charge in [0.15, 0.2) is 6.10 Å². The van der Waals surface area contributed by atoms with Gasteiger partial charge in [-0.25, -0.2) is 9.59 Å². The van der Waals surface area contributed by atoms with Gasteiger partial charge in [-0.15, -0.1) is 0 Å². The summed E-state index contributed by atoms with van der Waals surface area (Å²) in [5, 5.41) is 13.6. The average molecular weight is 428 g/mol. The number of methoxy groups -OCH3 is 2. The summed E-state index contributed by atoms with van der Waals surface area (Å²) in [7, 11) is 2.64. The molecule has 2 aromatic carbocycles. The third kappa shape index (κ3) is 6.39. The van der Waals surface area contributed by atoms with E-state index in [0.717, 1.165) is 6.08 Å². The molecule has 2 aromatic rings. The number of benzene rings is 2. The lowest BCUT2D eigenvalue weighted by Gasteiger charge is -2.13. The lowest BCUT2D eigenvalue weighted by Crippen LogP contribution is -2.29. The Bertz CT molecular complexity index is 1010. The molecule has 1 unspecified atom stereocenters. The number of carbonyl (C=O) groups is 3. The maximum atomic E-state index is 12.3. The van der Waals surface area contributed by atoms with E-state index in [1.807, 2.05) is 0 Å². The molecule has 1 N–H and O–H groups in total. The molecule has 31 heavy (non-hydrogen) atoms. The third-order valence-corrected chi connectivity index (χ3v) is 4.07. The summed E-state index contributed by atoms with van der Waals surface area (Å²) in [5.74, 6) is -1.75. The Hall–Kier alpha value is -4.21. The predicted octanol–water partition coefficient (Wildman–Crippen LogP) is 2.97. The second-order valence-electron chi connectivity index (χ2n) is 6.16. The molecular formula is C21H20N2O8. The molecular weight excluding hydrogens is 408 g/mol. The Morgan fingerprint density at radius 1 is 1.10 bits per heavy atom. The summed E-state index contributed by atoms with van der Waals surface area (Å²) < 4.78 is 14.6. The number of anilines is 1. The molecule has 1 amide bonds. The number of esters is 2. The predicted molar refractivity (Wildman–Crippen MR) is 111 cm³/mol. The van der Waals surface area contributed by atoms with Crippen LogP contribution >= 0.6 is 0 Å². The molecule has 0 aliphatic heterocycles. The highest BCUT2D eigenvalue weighted by Crippen LogP contribution is 2.29. The van der Waals surface area contributed by atoms with Gasteiger partial charge >= 0.3 is 11.9 Å². The highest BCUT2D eigenvalue weighted by atomic mass is 16.6. The third-order valence-electron chi connectivity index (χ3n) is 4.07. The van der Waals surface area contributed by atoms with Crippen molar-refractivity contribution in [3.05, 3.63) is 69.8 Å². The zero-order valence-corrected chi connectivity index (χ0v) is 17.0. The SMILES string of the molecule is COC(=O)c1ccc(/C=C/C(=O)OC(C)C(=O)Nc2ccc(OC)cc2[N+](=O)[O-])cc1. The average Bonchev–Trinajstić information content (AvgIpc) is 2.77. The van der Waals surface area contributed by atoms with Crippen molar-refractivity contribution < 1.29 is 33.5 Å². The zero-order valence-electron chi connectivity index (χ0n) is 17.0. The Morgan fingerprint density at radius 2 is 1.77 bits per heavy atom. The van der Waals surface area contributed by atoms with Crippen LogP contribution in [-0.2, 0) is 19.1 Å². The number of nitro groups is 1. The molecule has 162 valence electrons. The van der Waals surface area contributed by atoms with Crippen LogP contribution < -0.4 is 10.1 Å². The monoisotopic (exact) mass is 428 g/mol. The summed E-state index contributed by atoms with van der Waals surface area (Å²) in [6.07, 6.45) is 1.36. The molecule has 0 aliphatic carbocycles. The lowest BCUT2D eigenvalue weighted by molar-refractivity contribution is -0.384. The number of nitrogens with one attached hydrogen (secondary N) is 1. The first kappa shape index (κ1) is 23.1. The van der Waals surface area contributed by atoms with Crippen LogP contribution in [0.3, 0.4) is 0 Å². The lowest BCUT2D eigenvalue weighted by atomic mass is 10.1. The van der Waals surface area contributed by atoms with Gasteiger partial charge in [-0.05, 0) is 42.8 Å². The standard InChI is InChI=1S/C21H20N2O8/c1-13(20(25)22-17-10-9-16(29-2)12-18(17)23(27)28)31-19(24)11-6-14-4-7-15(8-5-14)21(26)30-3/h4-13H,1-3H3,(H,22,25)/b11-6+. The van der Waals surface area contributed by atoms with Crippen molar-refractivity contribution in [3.63, 3.8) is 0 Å². The first-order chi connectivity index (χ1) is 14.7. The Morgan fingerprint density at radius 3 is 2.35 bits per heavy atom. The number of nitrogens with zero attached hydrogens (tertiary/aromatic N) is 1. The van der Waals surface area contributed by atoms with Gasteiger partial charge in [0, 0.05) is 6.08 Å². The number of rotatable bonds is 8. The zero-order chi connectivity index (χ0) is 23.0. The van der Waals surface area contributed by atoms with E-state index in [9.17, 15) is 24.5 Å². The molecule has 0 heterocycles. The topological polar surface area (TPSA) is 134 Å². The number of amides is 1. The quantitative estimate of drug-likeness (QED) is 0.293. The van der Waals surface area contributed by atoms with Crippen LogP contribution in [0.4, 0.5) is 11.4 Å². The Kier molecular flexibility index (Phi) is 7.84. The van der Waals surface area contributed by atoms with Crippen LogP contribution in [0, 0.1) is 10.1 Å². The van der Waals surface area contributed by atoms with Crippen LogP contribution in [0.1, 0.15) is 22.8 Å². The van der Waals surface area contributed by atoms with Gasteiger partial charge in [-0.2, -0.15) is 0 Å². The first-order valence-electron chi connectivity index (χ1n) is 8.95. The molecule has 1 atom stereocenters. The van der Waals surface area contributed by atoms with Crippen molar-refractivity contribution >= 4 is 35.3 Å². The summed E-state index contributed by atoms with van der Waals surface area (Å²) in [4.78, 5) is 46.2. The van der Waals surface area contributed by atoms with Crippen LogP contribution in [0.15, 0.2) is 48.5 Å². The molecule has 0 aliphatic rings. The van der Waals surface area contributed by atoms with E-state index < -0.39 is 28.9 Å². The minimum atomic E-state index is -1.21. The highest BCUT2D eigenvalue weighted by molar-refractivity contribution is 5.98.